The largest absolute Gasteiger partial charge is 0.497 e. The van der Waals surface area contributed by atoms with Crippen molar-refractivity contribution in [1.29, 1.82) is 0 Å². The molecule has 1 unspecified atom stereocenters. The molecule has 2 heterocycles. The average molecular weight is 538 g/mol. The van der Waals surface area contributed by atoms with Crippen LogP contribution >= 0.6 is 24.0 Å². The lowest BCUT2D eigenvalue weighted by atomic mass is 10.1. The number of aliphatic imine (C=N–C) groups is 1. The smallest absolute Gasteiger partial charge is 0.231 e. The van der Waals surface area contributed by atoms with E-state index in [-0.39, 0.29) is 24.0 Å². The Morgan fingerprint density at radius 1 is 1.16 bits per heavy atom. The van der Waals surface area contributed by atoms with Crippen molar-refractivity contribution >= 4 is 35.6 Å². The van der Waals surface area contributed by atoms with E-state index < -0.39 is 0 Å². The second-order valence-corrected chi connectivity index (χ2v) is 7.57. The molecule has 0 spiro atoms. The molecule has 1 fully saturated rings. The SMILES string of the molecule is CCNC(=NCc1ccc2c(c1)OCO2)NCC1CCN(c2cccc(OC)c2)C1.I. The third-order valence-electron chi connectivity index (χ3n) is 5.46. The van der Waals surface area contributed by atoms with Gasteiger partial charge in [0.05, 0.1) is 13.7 Å². The van der Waals surface area contributed by atoms with Crippen molar-refractivity contribution in [2.45, 2.75) is 19.9 Å². The first-order valence-corrected chi connectivity index (χ1v) is 10.5. The number of hydrogen-bond acceptors (Lipinski definition) is 5. The number of rotatable bonds is 7. The molecule has 8 heteroatoms. The number of hydrogen-bond donors (Lipinski definition) is 2. The summed E-state index contributed by atoms with van der Waals surface area (Å²) in [7, 11) is 1.71. The molecule has 1 saturated heterocycles. The van der Waals surface area contributed by atoms with Crippen LogP contribution in [-0.4, -0.2) is 46.0 Å². The first kappa shape index (κ1) is 23.3. The Kier molecular flexibility index (Phi) is 8.51. The molecule has 31 heavy (non-hydrogen) atoms. The molecule has 2 aromatic rings. The normalized spacial score (nSPS) is 17.3. The van der Waals surface area contributed by atoms with E-state index in [4.69, 9.17) is 19.2 Å². The average Bonchev–Trinajstić information content (AvgIpc) is 3.45. The molecule has 0 aliphatic carbocycles. The first-order chi connectivity index (χ1) is 14.7. The van der Waals surface area contributed by atoms with Gasteiger partial charge in [-0.05, 0) is 49.1 Å². The zero-order valence-corrected chi connectivity index (χ0v) is 20.4. The van der Waals surface area contributed by atoms with Crippen molar-refractivity contribution in [2.24, 2.45) is 10.9 Å². The van der Waals surface area contributed by atoms with Crippen molar-refractivity contribution in [3.63, 3.8) is 0 Å². The molecule has 0 aromatic heterocycles. The van der Waals surface area contributed by atoms with E-state index in [1.54, 1.807) is 7.11 Å². The van der Waals surface area contributed by atoms with Crippen LogP contribution in [0.25, 0.3) is 0 Å². The number of halogens is 1. The van der Waals surface area contributed by atoms with Gasteiger partial charge in [0.2, 0.25) is 6.79 Å². The van der Waals surface area contributed by atoms with Crippen LogP contribution in [0, 0.1) is 5.92 Å². The predicted octanol–water partition coefficient (Wildman–Crippen LogP) is 3.62. The second kappa shape index (κ2) is 11.3. The van der Waals surface area contributed by atoms with Crippen LogP contribution in [0.2, 0.25) is 0 Å². The van der Waals surface area contributed by atoms with Crippen LogP contribution in [0.3, 0.4) is 0 Å². The Labute approximate surface area is 201 Å². The van der Waals surface area contributed by atoms with Crippen molar-refractivity contribution in [3.8, 4) is 17.2 Å². The van der Waals surface area contributed by atoms with E-state index >= 15 is 0 Å². The quantitative estimate of drug-likeness (QED) is 0.319. The highest BCUT2D eigenvalue weighted by atomic mass is 127. The highest BCUT2D eigenvalue weighted by Gasteiger charge is 2.23. The van der Waals surface area contributed by atoms with Crippen molar-refractivity contribution in [1.82, 2.24) is 10.6 Å². The molecule has 0 saturated carbocycles. The minimum atomic E-state index is 0. The van der Waals surface area contributed by atoms with Crippen molar-refractivity contribution in [2.75, 3.05) is 45.0 Å². The van der Waals surface area contributed by atoms with E-state index in [0.717, 1.165) is 61.4 Å². The molecule has 1 atom stereocenters. The van der Waals surface area contributed by atoms with Gasteiger partial charge in [0.25, 0.3) is 0 Å². The van der Waals surface area contributed by atoms with E-state index in [0.29, 0.717) is 19.3 Å². The van der Waals surface area contributed by atoms with Crippen LogP contribution in [0.5, 0.6) is 17.2 Å². The maximum Gasteiger partial charge on any atom is 0.231 e. The fourth-order valence-corrected chi connectivity index (χ4v) is 3.83. The van der Waals surface area contributed by atoms with Gasteiger partial charge < -0.3 is 29.7 Å². The summed E-state index contributed by atoms with van der Waals surface area (Å²) in [5.74, 6) is 3.92. The van der Waals surface area contributed by atoms with Crippen LogP contribution < -0.4 is 29.7 Å². The summed E-state index contributed by atoms with van der Waals surface area (Å²) >= 11 is 0. The standard InChI is InChI=1S/C23H30N4O3.HI/c1-3-24-23(25-13-17-7-8-21-22(11-17)30-16-29-21)26-14-18-9-10-27(15-18)19-5-4-6-20(12-19)28-2;/h4-8,11-12,18H,3,9-10,13-16H2,1-2H3,(H2,24,25,26);1H. The lowest BCUT2D eigenvalue weighted by molar-refractivity contribution is 0.174. The Balaban J connectivity index is 0.00000272. The molecule has 0 amide bonds. The summed E-state index contributed by atoms with van der Waals surface area (Å²) in [5, 5.41) is 6.85. The number of ether oxygens (including phenoxy) is 3. The van der Waals surface area contributed by atoms with E-state index in [9.17, 15) is 0 Å². The molecular weight excluding hydrogens is 507 g/mol. The molecule has 2 aliphatic heterocycles. The molecular formula is C23H31IN4O3. The molecule has 4 rings (SSSR count). The fourth-order valence-electron chi connectivity index (χ4n) is 3.83. The molecule has 0 radical (unpaired) electrons. The molecule has 168 valence electrons. The summed E-state index contributed by atoms with van der Waals surface area (Å²) in [4.78, 5) is 7.16. The van der Waals surface area contributed by atoms with E-state index in [2.05, 4.69) is 34.6 Å². The van der Waals surface area contributed by atoms with Gasteiger partial charge in [-0.15, -0.1) is 24.0 Å². The summed E-state index contributed by atoms with van der Waals surface area (Å²) in [5.41, 5.74) is 2.32. The van der Waals surface area contributed by atoms with Gasteiger partial charge in [0.15, 0.2) is 17.5 Å². The molecule has 0 bridgehead atoms. The minimum absolute atomic E-state index is 0. The van der Waals surface area contributed by atoms with Crippen LogP contribution in [-0.2, 0) is 6.54 Å². The predicted molar refractivity (Wildman–Crippen MR) is 134 cm³/mol. The monoisotopic (exact) mass is 538 g/mol. The topological polar surface area (TPSA) is 67.4 Å². The van der Waals surface area contributed by atoms with Gasteiger partial charge in [-0.2, -0.15) is 0 Å². The van der Waals surface area contributed by atoms with Gasteiger partial charge in [-0.3, -0.25) is 0 Å². The number of nitrogens with zero attached hydrogens (tertiary/aromatic N) is 2. The highest BCUT2D eigenvalue weighted by Crippen LogP contribution is 2.32. The number of guanidine groups is 1. The highest BCUT2D eigenvalue weighted by molar-refractivity contribution is 14.0. The number of methoxy groups -OCH3 is 1. The van der Waals surface area contributed by atoms with Crippen LogP contribution in [0.15, 0.2) is 47.5 Å². The summed E-state index contributed by atoms with van der Waals surface area (Å²) in [6, 6.07) is 14.3. The second-order valence-electron chi connectivity index (χ2n) is 7.57. The van der Waals surface area contributed by atoms with Gasteiger partial charge in [-0.1, -0.05) is 12.1 Å². The zero-order chi connectivity index (χ0) is 20.8. The maximum absolute atomic E-state index is 5.46. The lowest BCUT2D eigenvalue weighted by Gasteiger charge is -2.20. The maximum atomic E-state index is 5.46. The van der Waals surface area contributed by atoms with Gasteiger partial charge in [0, 0.05) is 37.9 Å². The zero-order valence-electron chi connectivity index (χ0n) is 18.1. The van der Waals surface area contributed by atoms with Crippen LogP contribution in [0.4, 0.5) is 5.69 Å². The Bertz CT molecular complexity index is 893. The van der Waals surface area contributed by atoms with Gasteiger partial charge >= 0.3 is 0 Å². The van der Waals surface area contributed by atoms with Crippen LogP contribution in [0.1, 0.15) is 18.9 Å². The first-order valence-electron chi connectivity index (χ1n) is 10.5. The molecule has 2 aromatic carbocycles. The third kappa shape index (κ3) is 6.09. The number of nitrogens with one attached hydrogen (secondary N) is 2. The lowest BCUT2D eigenvalue weighted by Crippen LogP contribution is -2.40. The number of anilines is 1. The fraction of sp³-hybridized carbons (Fsp3) is 0.435. The van der Waals surface area contributed by atoms with Gasteiger partial charge in [0.1, 0.15) is 5.75 Å². The minimum Gasteiger partial charge on any atom is -0.497 e. The summed E-state index contributed by atoms with van der Waals surface area (Å²) in [6.07, 6.45) is 1.16. The molecule has 7 nitrogen and oxygen atoms in total. The van der Waals surface area contributed by atoms with Crippen molar-refractivity contribution in [3.05, 3.63) is 48.0 Å². The Hall–Kier alpha value is -2.36. The Morgan fingerprint density at radius 2 is 2.03 bits per heavy atom. The molecule has 2 N–H and O–H groups in total. The summed E-state index contributed by atoms with van der Waals surface area (Å²) in [6.45, 7) is 6.78. The van der Waals surface area contributed by atoms with Gasteiger partial charge in [-0.25, -0.2) is 4.99 Å². The third-order valence-corrected chi connectivity index (χ3v) is 5.46. The number of fused-ring (bicyclic) bond motifs is 1. The molecule has 2 aliphatic rings. The summed E-state index contributed by atoms with van der Waals surface area (Å²) < 4.78 is 16.2. The van der Waals surface area contributed by atoms with Crippen molar-refractivity contribution < 1.29 is 14.2 Å². The van der Waals surface area contributed by atoms with E-state index in [1.807, 2.05) is 30.3 Å². The Morgan fingerprint density at radius 3 is 2.87 bits per heavy atom. The van der Waals surface area contributed by atoms with E-state index in [1.165, 1.54) is 5.69 Å². The number of benzene rings is 2.